The lowest BCUT2D eigenvalue weighted by molar-refractivity contribution is 0.0514. The van der Waals surface area contributed by atoms with Gasteiger partial charge in [0, 0.05) is 23.6 Å². The molecule has 150 valence electrons. The van der Waals surface area contributed by atoms with Crippen LogP contribution < -0.4 is 4.74 Å². The summed E-state index contributed by atoms with van der Waals surface area (Å²) in [5.41, 5.74) is 1.11. The number of rotatable bonds is 6. The van der Waals surface area contributed by atoms with Crippen LogP contribution in [0.15, 0.2) is 67.3 Å². The third kappa shape index (κ3) is 4.14. The molecule has 0 aliphatic rings. The third-order valence-corrected chi connectivity index (χ3v) is 4.06. The lowest BCUT2D eigenvalue weighted by atomic mass is 10.2. The van der Waals surface area contributed by atoms with E-state index >= 15 is 0 Å². The van der Waals surface area contributed by atoms with Crippen LogP contribution in [0.3, 0.4) is 0 Å². The Hall–Kier alpha value is -4.14. The quantitative estimate of drug-likeness (QED) is 0.450. The van der Waals surface area contributed by atoms with Crippen molar-refractivity contribution < 1.29 is 18.7 Å². The fraction of sp³-hybridized carbons (Fsp3) is 0.0952. The highest BCUT2D eigenvalue weighted by Crippen LogP contribution is 2.26. The van der Waals surface area contributed by atoms with E-state index in [1.54, 1.807) is 37.6 Å². The van der Waals surface area contributed by atoms with E-state index in [2.05, 4.69) is 20.2 Å². The van der Waals surface area contributed by atoms with Gasteiger partial charge in [-0.1, -0.05) is 12.1 Å². The largest absolute Gasteiger partial charge is 0.461 e. The summed E-state index contributed by atoms with van der Waals surface area (Å²) in [6.45, 7) is 1.83. The van der Waals surface area contributed by atoms with Crippen molar-refractivity contribution in [2.75, 3.05) is 6.61 Å². The van der Waals surface area contributed by atoms with E-state index in [4.69, 9.17) is 9.47 Å². The standard InChI is InChI=1S/C21H16FN5O3/c1-2-29-21(28)18-20(24-19(26-25-18)14-4-3-5-15(22)12-14)30-17-8-6-16(7-9-17)27-11-10-23-13-27/h3-13H,2H2,1H3. The number of ether oxygens (including phenoxy) is 2. The van der Waals surface area contributed by atoms with E-state index in [1.807, 2.05) is 22.9 Å². The van der Waals surface area contributed by atoms with Crippen LogP contribution in [0.4, 0.5) is 4.39 Å². The van der Waals surface area contributed by atoms with Crippen LogP contribution in [-0.4, -0.2) is 37.3 Å². The predicted molar refractivity (Wildman–Crippen MR) is 105 cm³/mol. The van der Waals surface area contributed by atoms with Gasteiger partial charge in [-0.3, -0.25) is 0 Å². The lowest BCUT2D eigenvalue weighted by Crippen LogP contribution is -2.12. The van der Waals surface area contributed by atoms with Gasteiger partial charge in [0.25, 0.3) is 5.88 Å². The number of carbonyl (C=O) groups is 1. The highest BCUT2D eigenvalue weighted by molar-refractivity contribution is 5.89. The van der Waals surface area contributed by atoms with Gasteiger partial charge in [0.2, 0.25) is 5.69 Å². The monoisotopic (exact) mass is 405 g/mol. The highest BCUT2D eigenvalue weighted by atomic mass is 19.1. The molecule has 0 radical (unpaired) electrons. The Morgan fingerprint density at radius 3 is 2.67 bits per heavy atom. The van der Waals surface area contributed by atoms with Crippen molar-refractivity contribution in [3.8, 4) is 28.7 Å². The molecule has 0 unspecified atom stereocenters. The zero-order chi connectivity index (χ0) is 20.9. The first kappa shape index (κ1) is 19.2. The summed E-state index contributed by atoms with van der Waals surface area (Å²) in [6.07, 6.45) is 5.17. The van der Waals surface area contributed by atoms with E-state index in [9.17, 15) is 9.18 Å². The number of hydrogen-bond donors (Lipinski definition) is 0. The molecule has 0 amide bonds. The van der Waals surface area contributed by atoms with Crippen molar-refractivity contribution in [2.45, 2.75) is 6.92 Å². The topological polar surface area (TPSA) is 92.0 Å². The van der Waals surface area contributed by atoms with E-state index in [-0.39, 0.29) is 24.0 Å². The maximum atomic E-state index is 13.6. The van der Waals surface area contributed by atoms with E-state index < -0.39 is 11.8 Å². The van der Waals surface area contributed by atoms with Gasteiger partial charge in [0.1, 0.15) is 11.6 Å². The molecular formula is C21H16FN5O3. The molecule has 9 heteroatoms. The molecule has 2 aromatic carbocycles. The molecule has 0 spiro atoms. The van der Waals surface area contributed by atoms with Crippen LogP contribution in [0.25, 0.3) is 17.1 Å². The van der Waals surface area contributed by atoms with Crippen LogP contribution in [0.1, 0.15) is 17.4 Å². The summed E-state index contributed by atoms with van der Waals surface area (Å²) in [7, 11) is 0. The minimum absolute atomic E-state index is 0.0851. The van der Waals surface area contributed by atoms with Crippen LogP contribution in [0.2, 0.25) is 0 Å². The summed E-state index contributed by atoms with van der Waals surface area (Å²) in [5, 5.41) is 7.84. The second-order valence-corrected chi connectivity index (χ2v) is 6.09. The Kier molecular flexibility index (Phi) is 5.42. The van der Waals surface area contributed by atoms with Crippen molar-refractivity contribution in [1.82, 2.24) is 24.7 Å². The van der Waals surface area contributed by atoms with Crippen molar-refractivity contribution in [3.05, 3.63) is 78.8 Å². The van der Waals surface area contributed by atoms with E-state index in [0.717, 1.165) is 5.69 Å². The predicted octanol–water partition coefficient (Wildman–Crippen LogP) is 3.83. The molecule has 4 rings (SSSR count). The molecular weight excluding hydrogens is 389 g/mol. The zero-order valence-corrected chi connectivity index (χ0v) is 15.9. The van der Waals surface area contributed by atoms with Crippen molar-refractivity contribution in [1.29, 1.82) is 0 Å². The normalized spacial score (nSPS) is 10.6. The first-order chi connectivity index (χ1) is 14.6. The average Bonchev–Trinajstić information content (AvgIpc) is 3.29. The van der Waals surface area contributed by atoms with Crippen LogP contribution in [-0.2, 0) is 4.74 Å². The number of imidazole rings is 1. The molecule has 0 N–H and O–H groups in total. The average molecular weight is 405 g/mol. The third-order valence-electron chi connectivity index (χ3n) is 4.06. The first-order valence-electron chi connectivity index (χ1n) is 9.08. The zero-order valence-electron chi connectivity index (χ0n) is 15.9. The number of esters is 1. The van der Waals surface area contributed by atoms with Gasteiger partial charge in [0.05, 0.1) is 12.9 Å². The maximum absolute atomic E-state index is 13.6. The fourth-order valence-corrected chi connectivity index (χ4v) is 2.67. The van der Waals surface area contributed by atoms with Gasteiger partial charge in [0.15, 0.2) is 5.82 Å². The molecule has 0 aliphatic heterocycles. The Labute approximate surface area is 171 Å². The minimum Gasteiger partial charge on any atom is -0.461 e. The fourth-order valence-electron chi connectivity index (χ4n) is 2.67. The first-order valence-corrected chi connectivity index (χ1v) is 9.08. The number of carbonyl (C=O) groups excluding carboxylic acids is 1. The van der Waals surface area contributed by atoms with Gasteiger partial charge in [-0.25, -0.2) is 14.2 Å². The lowest BCUT2D eigenvalue weighted by Gasteiger charge is -2.10. The number of benzene rings is 2. The van der Waals surface area contributed by atoms with Crippen LogP contribution >= 0.6 is 0 Å². The molecule has 0 bridgehead atoms. The van der Waals surface area contributed by atoms with E-state index in [0.29, 0.717) is 11.3 Å². The SMILES string of the molecule is CCOC(=O)c1nnc(-c2cccc(F)c2)nc1Oc1ccc(-n2ccnc2)cc1. The van der Waals surface area contributed by atoms with Crippen molar-refractivity contribution in [2.24, 2.45) is 0 Å². The molecule has 0 saturated heterocycles. The Bertz CT molecular complexity index is 1160. The van der Waals surface area contributed by atoms with Crippen molar-refractivity contribution >= 4 is 5.97 Å². The number of nitrogens with zero attached hydrogens (tertiary/aromatic N) is 5. The van der Waals surface area contributed by atoms with Crippen LogP contribution in [0, 0.1) is 5.82 Å². The van der Waals surface area contributed by atoms with Crippen molar-refractivity contribution in [3.63, 3.8) is 0 Å². The molecule has 4 aromatic rings. The number of hydrogen-bond acceptors (Lipinski definition) is 7. The van der Waals surface area contributed by atoms with Gasteiger partial charge in [-0.05, 0) is 43.3 Å². The summed E-state index contributed by atoms with van der Waals surface area (Å²) in [6, 6.07) is 12.8. The second kappa shape index (κ2) is 8.48. The Balaban J connectivity index is 1.68. The number of aromatic nitrogens is 5. The smallest absolute Gasteiger partial charge is 0.364 e. The summed E-state index contributed by atoms with van der Waals surface area (Å²) in [5.74, 6) is -0.697. The molecule has 2 aromatic heterocycles. The van der Waals surface area contributed by atoms with E-state index in [1.165, 1.54) is 18.2 Å². The molecule has 2 heterocycles. The van der Waals surface area contributed by atoms with Gasteiger partial charge >= 0.3 is 5.97 Å². The molecule has 0 fully saturated rings. The van der Waals surface area contributed by atoms with Gasteiger partial charge in [-0.15, -0.1) is 10.2 Å². The Morgan fingerprint density at radius 1 is 1.13 bits per heavy atom. The molecule has 0 aliphatic carbocycles. The minimum atomic E-state index is -0.715. The van der Waals surface area contributed by atoms with Gasteiger partial charge in [-0.2, -0.15) is 4.98 Å². The maximum Gasteiger partial charge on any atom is 0.364 e. The molecule has 30 heavy (non-hydrogen) atoms. The molecule has 0 saturated carbocycles. The highest BCUT2D eigenvalue weighted by Gasteiger charge is 2.21. The molecule has 8 nitrogen and oxygen atoms in total. The summed E-state index contributed by atoms with van der Waals surface area (Å²) in [4.78, 5) is 20.5. The molecule has 0 atom stereocenters. The van der Waals surface area contributed by atoms with Gasteiger partial charge < -0.3 is 14.0 Å². The second-order valence-electron chi connectivity index (χ2n) is 6.09. The number of halogens is 1. The van der Waals surface area contributed by atoms with Crippen LogP contribution in [0.5, 0.6) is 11.6 Å². The summed E-state index contributed by atoms with van der Waals surface area (Å²) >= 11 is 0. The Morgan fingerprint density at radius 2 is 1.97 bits per heavy atom. The summed E-state index contributed by atoms with van der Waals surface area (Å²) < 4.78 is 26.2.